The first kappa shape index (κ1) is 9.65. The number of benzene rings is 2. The average Bonchev–Trinajstić information content (AvgIpc) is 2.23. The Balaban J connectivity index is 2.16. The molecular formula is C12H9FI-. The van der Waals surface area contributed by atoms with Crippen LogP contribution in [0.2, 0.25) is 0 Å². The molecule has 0 saturated carbocycles. The molecule has 0 aliphatic carbocycles. The van der Waals surface area contributed by atoms with E-state index in [-0.39, 0.29) is 27.0 Å². The first-order valence-corrected chi connectivity index (χ1v) is 6.46. The van der Waals surface area contributed by atoms with Crippen molar-refractivity contribution in [1.29, 1.82) is 0 Å². The summed E-state index contributed by atoms with van der Waals surface area (Å²) in [7, 11) is 0. The predicted octanol–water partition coefficient (Wildman–Crippen LogP) is -0.0459. The van der Waals surface area contributed by atoms with Gasteiger partial charge in [0.15, 0.2) is 0 Å². The minimum absolute atomic E-state index is 0.151. The fraction of sp³-hybridized carbons (Fsp3) is 0. The van der Waals surface area contributed by atoms with Crippen LogP contribution in [0.15, 0.2) is 54.6 Å². The summed E-state index contributed by atoms with van der Waals surface area (Å²) in [6.07, 6.45) is 0. The predicted molar refractivity (Wildman–Crippen MR) is 50.2 cm³/mol. The van der Waals surface area contributed by atoms with E-state index in [4.69, 9.17) is 0 Å². The zero-order valence-electron chi connectivity index (χ0n) is 7.45. The van der Waals surface area contributed by atoms with Gasteiger partial charge in [0, 0.05) is 0 Å². The molecule has 0 aliphatic rings. The Morgan fingerprint density at radius 2 is 1.29 bits per heavy atom. The molecular weight excluding hydrogens is 290 g/mol. The first-order valence-electron chi connectivity index (χ1n) is 4.30. The molecule has 0 spiro atoms. The van der Waals surface area contributed by atoms with E-state index in [0.717, 1.165) is 0 Å². The zero-order chi connectivity index (χ0) is 9.80. The first-order chi connectivity index (χ1) is 6.84. The molecule has 0 aromatic heterocycles. The fourth-order valence-corrected chi connectivity index (χ4v) is 3.31. The standard InChI is InChI=1S/C12H9FI/c13-10-6-8-12(9-7-10)14-11-4-2-1-3-5-11/h1-9H/q-1. The Hall–Kier alpha value is -0.900. The van der Waals surface area contributed by atoms with Crippen molar-refractivity contribution in [3.63, 3.8) is 0 Å². The van der Waals surface area contributed by atoms with Gasteiger partial charge in [-0.3, -0.25) is 0 Å². The van der Waals surface area contributed by atoms with Crippen LogP contribution in [0.5, 0.6) is 0 Å². The Morgan fingerprint density at radius 1 is 0.714 bits per heavy atom. The van der Waals surface area contributed by atoms with Crippen molar-refractivity contribution in [2.75, 3.05) is 0 Å². The second kappa shape index (κ2) is 4.55. The maximum absolute atomic E-state index is 12.6. The van der Waals surface area contributed by atoms with Crippen LogP contribution in [0.3, 0.4) is 0 Å². The van der Waals surface area contributed by atoms with Crippen LogP contribution in [0.25, 0.3) is 0 Å². The maximum atomic E-state index is 12.6. The van der Waals surface area contributed by atoms with E-state index < -0.39 is 0 Å². The number of halogens is 2. The molecule has 14 heavy (non-hydrogen) atoms. The monoisotopic (exact) mass is 299 g/mol. The molecule has 2 aromatic rings. The average molecular weight is 299 g/mol. The molecule has 0 N–H and O–H groups in total. The molecule has 0 saturated heterocycles. The molecule has 0 amide bonds. The minimum atomic E-state index is -0.161. The fourth-order valence-electron chi connectivity index (χ4n) is 1.10. The van der Waals surface area contributed by atoms with Gasteiger partial charge in [-0.1, -0.05) is 0 Å². The Labute approximate surface area is 93.0 Å². The molecule has 0 fully saturated rings. The number of hydrogen-bond acceptors (Lipinski definition) is 0. The third kappa shape index (κ3) is 2.54. The molecule has 0 atom stereocenters. The normalized spacial score (nSPS) is 10.4. The topological polar surface area (TPSA) is 0 Å². The van der Waals surface area contributed by atoms with Crippen molar-refractivity contribution in [2.24, 2.45) is 0 Å². The van der Waals surface area contributed by atoms with Crippen LogP contribution in [0.4, 0.5) is 4.39 Å². The van der Waals surface area contributed by atoms with Gasteiger partial charge in [0.2, 0.25) is 0 Å². The zero-order valence-corrected chi connectivity index (χ0v) is 9.61. The molecule has 0 unspecified atom stereocenters. The van der Waals surface area contributed by atoms with Gasteiger partial charge in [-0.25, -0.2) is 0 Å². The third-order valence-electron chi connectivity index (χ3n) is 1.75. The van der Waals surface area contributed by atoms with Crippen molar-refractivity contribution < 1.29 is 25.6 Å². The van der Waals surface area contributed by atoms with Crippen LogP contribution in [0, 0.1) is 13.0 Å². The molecule has 2 aromatic carbocycles. The molecule has 0 heterocycles. The summed E-state index contributed by atoms with van der Waals surface area (Å²) in [5.41, 5.74) is 0. The Morgan fingerprint density at radius 3 is 1.93 bits per heavy atom. The van der Waals surface area contributed by atoms with Crippen LogP contribution >= 0.6 is 0 Å². The molecule has 2 heteroatoms. The summed E-state index contributed by atoms with van der Waals surface area (Å²) in [4.78, 5) is 0. The molecule has 0 nitrogen and oxygen atoms in total. The van der Waals surface area contributed by atoms with Crippen molar-refractivity contribution in [2.45, 2.75) is 0 Å². The molecule has 0 bridgehead atoms. The van der Waals surface area contributed by atoms with Crippen LogP contribution in [-0.4, -0.2) is 0 Å². The van der Waals surface area contributed by atoms with Gasteiger partial charge in [-0.05, 0) is 0 Å². The van der Waals surface area contributed by atoms with Crippen molar-refractivity contribution >= 4 is 0 Å². The van der Waals surface area contributed by atoms with E-state index in [1.807, 2.05) is 30.3 Å². The number of rotatable bonds is 2. The summed E-state index contributed by atoms with van der Waals surface area (Å²) in [5.74, 6) is -0.161. The Bertz CT molecular complexity index is 394. The van der Waals surface area contributed by atoms with E-state index in [2.05, 4.69) is 12.1 Å². The summed E-state index contributed by atoms with van der Waals surface area (Å²) < 4.78 is 15.2. The molecule has 72 valence electrons. The van der Waals surface area contributed by atoms with E-state index in [0.29, 0.717) is 0 Å². The van der Waals surface area contributed by atoms with Crippen LogP contribution in [0.1, 0.15) is 0 Å². The van der Waals surface area contributed by atoms with E-state index in [1.165, 1.54) is 19.3 Å². The number of hydrogen-bond donors (Lipinski definition) is 0. The second-order valence-corrected chi connectivity index (χ2v) is 5.86. The van der Waals surface area contributed by atoms with Gasteiger partial charge >= 0.3 is 93.2 Å². The van der Waals surface area contributed by atoms with E-state index in [1.54, 1.807) is 0 Å². The van der Waals surface area contributed by atoms with Crippen molar-refractivity contribution in [3.05, 3.63) is 67.6 Å². The summed E-state index contributed by atoms with van der Waals surface area (Å²) in [6, 6.07) is 17.1. The summed E-state index contributed by atoms with van der Waals surface area (Å²) >= 11 is -0.151. The molecule has 0 radical (unpaired) electrons. The van der Waals surface area contributed by atoms with Crippen LogP contribution < -0.4 is 21.2 Å². The van der Waals surface area contributed by atoms with Crippen molar-refractivity contribution in [3.8, 4) is 0 Å². The summed E-state index contributed by atoms with van der Waals surface area (Å²) in [6.45, 7) is 0. The van der Waals surface area contributed by atoms with Crippen LogP contribution in [-0.2, 0) is 0 Å². The second-order valence-electron chi connectivity index (χ2n) is 2.83. The SMILES string of the molecule is Fc1ccc([I-]c2ccccc2)cc1. The summed E-state index contributed by atoms with van der Waals surface area (Å²) in [5, 5.41) is 0. The van der Waals surface area contributed by atoms with Gasteiger partial charge in [0.25, 0.3) is 0 Å². The quantitative estimate of drug-likeness (QED) is 0.683. The van der Waals surface area contributed by atoms with Crippen molar-refractivity contribution in [1.82, 2.24) is 0 Å². The van der Waals surface area contributed by atoms with E-state index in [9.17, 15) is 4.39 Å². The van der Waals surface area contributed by atoms with Gasteiger partial charge in [-0.15, -0.1) is 0 Å². The van der Waals surface area contributed by atoms with E-state index >= 15 is 0 Å². The Kier molecular flexibility index (Phi) is 3.14. The van der Waals surface area contributed by atoms with Gasteiger partial charge in [-0.2, -0.15) is 0 Å². The third-order valence-corrected chi connectivity index (χ3v) is 4.44. The van der Waals surface area contributed by atoms with Gasteiger partial charge in [0.05, 0.1) is 0 Å². The molecule has 0 aliphatic heterocycles. The van der Waals surface area contributed by atoms with Gasteiger partial charge in [0.1, 0.15) is 0 Å². The molecule has 2 rings (SSSR count). The van der Waals surface area contributed by atoms with Gasteiger partial charge < -0.3 is 0 Å².